The van der Waals surface area contributed by atoms with Gasteiger partial charge in [-0.15, -0.1) is 0 Å². The van der Waals surface area contributed by atoms with Crippen molar-refractivity contribution in [2.24, 2.45) is 0 Å². The second kappa shape index (κ2) is 93.9. The van der Waals surface area contributed by atoms with E-state index in [1.165, 1.54) is 334 Å². The van der Waals surface area contributed by atoms with Gasteiger partial charge in [0.1, 0.15) is 0 Å². The van der Waals surface area contributed by atoms with Gasteiger partial charge in [0, 0.05) is 23.9 Å². The summed E-state index contributed by atoms with van der Waals surface area (Å²) in [6.07, 6.45) is 79.4. The first kappa shape index (κ1) is 97.3. The van der Waals surface area contributed by atoms with Gasteiger partial charge in [0.2, 0.25) is 0 Å². The third kappa shape index (κ3) is 114. The number of carbonyl (C=O) groups excluding carboxylic acids is 4. The minimum Gasteiger partial charge on any atom is -0.550 e. The van der Waals surface area contributed by atoms with Crippen molar-refractivity contribution in [3.8, 4) is 0 Å². The first-order valence-corrected chi connectivity index (χ1v) is 35.9. The van der Waals surface area contributed by atoms with E-state index < -0.39 is 23.9 Å². The van der Waals surface area contributed by atoms with Gasteiger partial charge in [-0.25, -0.2) is 0 Å². The Morgan fingerprint density at radius 2 is 0.253 bits per heavy atom. The largest absolute Gasteiger partial charge is 2.00 e. The van der Waals surface area contributed by atoms with Crippen LogP contribution in [-0.2, 0) is 19.2 Å². The molecule has 0 aliphatic rings. The average molecular weight is 1200 g/mol. The van der Waals surface area contributed by atoms with E-state index in [0.29, 0.717) is 0 Å². The van der Waals surface area contributed by atoms with Crippen LogP contribution in [-0.4, -0.2) is 61.6 Å². The van der Waals surface area contributed by atoms with Crippen molar-refractivity contribution in [2.75, 3.05) is 0 Å². The number of carboxylic acid groups (broad SMARTS) is 4. The monoisotopic (exact) mass is 1200 g/mol. The second-order valence-electron chi connectivity index (χ2n) is 24.3. The Labute approximate surface area is 582 Å². The molecule has 0 bridgehead atoms. The fourth-order valence-electron chi connectivity index (χ4n) is 10.6. The van der Waals surface area contributed by atoms with Crippen LogP contribution < -0.4 is 68.8 Å². The molecule has 0 rings (SSSR count). The van der Waals surface area contributed by atoms with Crippen LogP contribution in [0.1, 0.15) is 439 Å². The molecule has 0 amide bonds. The number of hydrogen-bond acceptors (Lipinski definition) is 8. The van der Waals surface area contributed by atoms with Crippen molar-refractivity contribution in [1.29, 1.82) is 0 Å². The third-order valence-electron chi connectivity index (χ3n) is 15.9. The van der Waals surface area contributed by atoms with Crippen molar-refractivity contribution >= 4 is 61.6 Å². The molecule has 0 saturated carbocycles. The Morgan fingerprint density at radius 3 is 0.325 bits per heavy atom. The van der Waals surface area contributed by atoms with Crippen LogP contribution in [0.15, 0.2) is 0 Å². The maximum Gasteiger partial charge on any atom is 2.00 e. The number of hydrogen-bond donors (Lipinski definition) is 0. The van der Waals surface area contributed by atoms with Gasteiger partial charge in [-0.05, 0) is 51.4 Å². The van der Waals surface area contributed by atoms with Crippen LogP contribution in [0.2, 0.25) is 0 Å². The Balaban J connectivity index is -0.000000183. The topological polar surface area (TPSA) is 161 Å². The molecule has 8 nitrogen and oxygen atoms in total. The Bertz CT molecular complexity index is 1010. The van der Waals surface area contributed by atoms with Gasteiger partial charge in [-0.3, -0.25) is 0 Å². The minimum absolute atomic E-state index is 0. The Hall–Kier alpha value is 0.737. The van der Waals surface area contributed by atoms with Crippen LogP contribution in [0.5, 0.6) is 0 Å². The average Bonchev–Trinajstić information content (AvgIpc) is 3.43. The number of rotatable bonds is 64. The number of carbonyl (C=O) groups is 4. The van der Waals surface area contributed by atoms with Crippen molar-refractivity contribution in [3.63, 3.8) is 0 Å². The molecule has 0 aromatic rings. The van der Waals surface area contributed by atoms with E-state index in [4.69, 9.17) is 0 Å². The number of unbranched alkanes of at least 4 members (excludes halogenated alkanes) is 56. The summed E-state index contributed by atoms with van der Waals surface area (Å²) < 4.78 is 0. The van der Waals surface area contributed by atoms with Gasteiger partial charge < -0.3 is 39.6 Å². The quantitative estimate of drug-likeness (QED) is 0.0430. The molecule has 0 aliphatic carbocycles. The van der Waals surface area contributed by atoms with Crippen molar-refractivity contribution in [3.05, 3.63) is 0 Å². The summed E-state index contributed by atoms with van der Waals surface area (Å²) in [6, 6.07) is 0. The summed E-state index contributed by atoms with van der Waals surface area (Å²) in [6.45, 7) is 9.07. The molecular weight excluding hydrogens is 1060 g/mol. The van der Waals surface area contributed by atoms with E-state index >= 15 is 0 Å². The number of carboxylic acids is 4. The maximum absolute atomic E-state index is 10.2. The first-order chi connectivity index (χ1) is 39.1. The molecule has 83 heavy (non-hydrogen) atoms. The van der Waals surface area contributed by atoms with Crippen molar-refractivity contribution in [2.45, 2.75) is 439 Å². The second-order valence-corrected chi connectivity index (χ2v) is 24.3. The molecule has 0 aliphatic heterocycles. The zero-order valence-electron chi connectivity index (χ0n) is 57.2. The van der Waals surface area contributed by atoms with Crippen molar-refractivity contribution in [1.82, 2.24) is 0 Å². The summed E-state index contributed by atoms with van der Waals surface area (Å²) in [5.74, 6) is -3.61. The van der Waals surface area contributed by atoms with Crippen LogP contribution >= 0.6 is 0 Å². The molecule has 0 atom stereocenters. The maximum atomic E-state index is 10.2. The molecule has 0 unspecified atom stereocenters. The SMILES string of the molecule is CCCCCCCCCCCCCCCCCC(=O)[O-].CCCCCCCCCCCCCCCCCC(=O)[O-].CCCCCCCCCCCCCCCCCC(=O)[O-].CCCCCCCCCCCCCCCCCC(=O)[O-].[Ca+2].[Li+].[Na+]. The molecule has 0 heterocycles. The fraction of sp³-hybridized carbons (Fsp3) is 0.944. The van der Waals surface area contributed by atoms with Gasteiger partial charge in [0.15, 0.2) is 0 Å². The molecule has 0 aromatic heterocycles. The summed E-state index contributed by atoms with van der Waals surface area (Å²) in [5.41, 5.74) is 0. The van der Waals surface area contributed by atoms with Crippen LogP contribution in [0.25, 0.3) is 0 Å². The van der Waals surface area contributed by atoms with E-state index in [-0.39, 0.29) is 112 Å². The van der Waals surface area contributed by atoms with E-state index in [0.717, 1.165) is 51.4 Å². The van der Waals surface area contributed by atoms with E-state index in [1.54, 1.807) is 0 Å². The zero-order valence-corrected chi connectivity index (χ0v) is 61.4. The minimum atomic E-state index is -0.903. The summed E-state index contributed by atoms with van der Waals surface area (Å²) in [7, 11) is 0. The molecule has 11 heteroatoms. The van der Waals surface area contributed by atoms with Crippen LogP contribution in [0.4, 0.5) is 0 Å². The number of aliphatic carboxylic acids is 4. The van der Waals surface area contributed by atoms with Gasteiger partial charge in [0.25, 0.3) is 0 Å². The van der Waals surface area contributed by atoms with Gasteiger partial charge >= 0.3 is 86.2 Å². The van der Waals surface area contributed by atoms with E-state index in [9.17, 15) is 39.6 Å². The zero-order chi connectivity index (χ0) is 59.6. The van der Waals surface area contributed by atoms with E-state index in [2.05, 4.69) is 27.7 Å². The molecule has 0 N–H and O–H groups in total. The Kier molecular flexibility index (Phi) is 110. The van der Waals surface area contributed by atoms with Crippen molar-refractivity contribution < 1.29 is 88.0 Å². The summed E-state index contributed by atoms with van der Waals surface area (Å²) in [5, 5.41) is 40.9. The normalized spacial score (nSPS) is 10.5. The smallest absolute Gasteiger partial charge is 0.550 e. The summed E-state index contributed by atoms with van der Waals surface area (Å²) >= 11 is 0. The molecule has 0 spiro atoms. The van der Waals surface area contributed by atoms with Gasteiger partial charge in [-0.2, -0.15) is 0 Å². The van der Waals surface area contributed by atoms with E-state index in [1.807, 2.05) is 0 Å². The third-order valence-corrected chi connectivity index (χ3v) is 15.9. The molecule has 480 valence electrons. The first-order valence-electron chi connectivity index (χ1n) is 35.9. The predicted molar refractivity (Wildman–Crippen MR) is 344 cm³/mol. The van der Waals surface area contributed by atoms with Crippen LogP contribution in [0.3, 0.4) is 0 Å². The molecule has 0 aromatic carbocycles. The molecular formula is C72H140CaLiNaO8. The molecule has 0 radical (unpaired) electrons. The molecule has 0 saturated heterocycles. The fourth-order valence-corrected chi connectivity index (χ4v) is 10.6. The van der Waals surface area contributed by atoms with Crippen LogP contribution in [0, 0.1) is 0 Å². The standard InChI is InChI=1S/4C18H36O2.Ca.Li.Na/c4*1-2-3-4-5-6-7-8-9-10-11-12-13-14-15-16-17-18(19)20;;;/h4*2-17H2,1H3,(H,19,20);;;/q;;;;+2;2*+1/p-4. The molecule has 0 fully saturated rings. The Morgan fingerprint density at radius 1 is 0.181 bits per heavy atom. The predicted octanol–water partition coefficient (Wildman–Crippen LogP) is 13.6. The van der Waals surface area contributed by atoms with Gasteiger partial charge in [-0.1, -0.05) is 387 Å². The van der Waals surface area contributed by atoms with Gasteiger partial charge in [0.05, 0.1) is 0 Å². The summed E-state index contributed by atoms with van der Waals surface area (Å²) in [4.78, 5) is 40.9.